The summed E-state index contributed by atoms with van der Waals surface area (Å²) in [7, 11) is 0. The first kappa shape index (κ1) is 20.8. The summed E-state index contributed by atoms with van der Waals surface area (Å²) in [5.41, 5.74) is 0.514. The van der Waals surface area contributed by atoms with Crippen molar-refractivity contribution < 1.29 is 9.59 Å². The summed E-state index contributed by atoms with van der Waals surface area (Å²) in [5.74, 6) is 0.219. The highest BCUT2D eigenvalue weighted by molar-refractivity contribution is 9.10. The van der Waals surface area contributed by atoms with Crippen molar-refractivity contribution in [2.24, 2.45) is 22.7 Å². The fraction of sp³-hybridized carbons (Fsp3) is 0.619. The third-order valence-corrected chi connectivity index (χ3v) is 6.39. The van der Waals surface area contributed by atoms with Crippen molar-refractivity contribution in [1.82, 2.24) is 15.2 Å². The number of hydrogen-bond donors (Lipinski definition) is 1. The zero-order valence-electron chi connectivity index (χ0n) is 17.0. The van der Waals surface area contributed by atoms with Crippen molar-refractivity contribution in [2.75, 3.05) is 6.54 Å². The zero-order valence-corrected chi connectivity index (χ0v) is 18.6. The van der Waals surface area contributed by atoms with E-state index >= 15 is 0 Å². The smallest absolute Gasteiger partial charge is 0.244 e. The molecule has 2 fully saturated rings. The van der Waals surface area contributed by atoms with Gasteiger partial charge in [0.05, 0.1) is 6.07 Å². The van der Waals surface area contributed by atoms with Crippen molar-refractivity contribution in [1.29, 1.82) is 5.26 Å². The minimum absolute atomic E-state index is 0.00767. The summed E-state index contributed by atoms with van der Waals surface area (Å²) >= 11 is 3.34. The molecule has 1 N–H and O–H groups in total. The third-order valence-electron chi connectivity index (χ3n) is 5.95. The van der Waals surface area contributed by atoms with Crippen LogP contribution in [0.4, 0.5) is 0 Å². The molecule has 2 heterocycles. The number of rotatable bonds is 4. The van der Waals surface area contributed by atoms with Gasteiger partial charge < -0.3 is 10.2 Å². The number of pyridine rings is 1. The number of fused-ring (bicyclic) bond motifs is 1. The van der Waals surface area contributed by atoms with Crippen molar-refractivity contribution in [3.8, 4) is 6.07 Å². The molecule has 1 aliphatic heterocycles. The number of halogens is 1. The maximum atomic E-state index is 13.2. The molecule has 2 amide bonds. The van der Waals surface area contributed by atoms with E-state index < -0.39 is 12.1 Å². The van der Waals surface area contributed by atoms with Gasteiger partial charge in [-0.1, -0.05) is 34.6 Å². The van der Waals surface area contributed by atoms with Gasteiger partial charge in [0.15, 0.2) is 0 Å². The summed E-state index contributed by atoms with van der Waals surface area (Å²) in [5, 5.41) is 12.4. The lowest BCUT2D eigenvalue weighted by molar-refractivity contribution is -0.141. The van der Waals surface area contributed by atoms with Gasteiger partial charge in [0.25, 0.3) is 0 Å². The van der Waals surface area contributed by atoms with E-state index in [0.29, 0.717) is 24.4 Å². The van der Waals surface area contributed by atoms with Gasteiger partial charge >= 0.3 is 0 Å². The van der Waals surface area contributed by atoms with Gasteiger partial charge in [-0.15, -0.1) is 0 Å². The zero-order chi connectivity index (χ0) is 20.9. The van der Waals surface area contributed by atoms with Gasteiger partial charge in [-0.05, 0) is 44.7 Å². The second kappa shape index (κ2) is 7.14. The number of hydrogen-bond acceptors (Lipinski definition) is 4. The number of nitrogens with one attached hydrogen (secondary N) is 1. The number of nitrogens with zero attached hydrogens (tertiary/aromatic N) is 3. The van der Waals surface area contributed by atoms with Crippen molar-refractivity contribution in [3.63, 3.8) is 0 Å². The molecule has 3 rings (SSSR count). The normalized spacial score (nSPS) is 26.2. The Morgan fingerprint density at radius 1 is 1.43 bits per heavy atom. The molecule has 0 aromatic carbocycles. The monoisotopic (exact) mass is 446 g/mol. The fourth-order valence-corrected chi connectivity index (χ4v) is 4.78. The molecule has 4 atom stereocenters. The summed E-state index contributed by atoms with van der Waals surface area (Å²) in [4.78, 5) is 31.9. The van der Waals surface area contributed by atoms with Gasteiger partial charge in [0, 0.05) is 35.4 Å². The van der Waals surface area contributed by atoms with E-state index in [9.17, 15) is 14.9 Å². The number of carbonyl (C=O) groups is 2. The van der Waals surface area contributed by atoms with E-state index in [4.69, 9.17) is 0 Å². The molecular weight excluding hydrogens is 420 g/mol. The molecule has 2 unspecified atom stereocenters. The lowest BCUT2D eigenvalue weighted by Crippen LogP contribution is -2.51. The molecule has 6 nitrogen and oxygen atoms in total. The van der Waals surface area contributed by atoms with Crippen LogP contribution in [0.25, 0.3) is 0 Å². The topological polar surface area (TPSA) is 86.1 Å². The number of aromatic nitrogens is 1. The summed E-state index contributed by atoms with van der Waals surface area (Å²) in [6.45, 7) is 11.0. The largest absolute Gasteiger partial charge is 0.335 e. The Kier molecular flexibility index (Phi) is 5.30. The molecule has 1 saturated carbocycles. The van der Waals surface area contributed by atoms with Crippen LogP contribution in [0.15, 0.2) is 22.9 Å². The van der Waals surface area contributed by atoms with Gasteiger partial charge in [-0.3, -0.25) is 14.6 Å². The first-order chi connectivity index (χ1) is 13.0. The van der Waals surface area contributed by atoms with Crippen LogP contribution in [0, 0.1) is 34.0 Å². The van der Waals surface area contributed by atoms with E-state index in [0.717, 1.165) is 4.47 Å². The van der Waals surface area contributed by atoms with Crippen molar-refractivity contribution in [3.05, 3.63) is 28.5 Å². The number of nitriles is 1. The Morgan fingerprint density at radius 3 is 2.68 bits per heavy atom. The minimum atomic E-state index is -0.807. The van der Waals surface area contributed by atoms with Crippen LogP contribution < -0.4 is 5.32 Å². The Morgan fingerprint density at radius 2 is 2.11 bits per heavy atom. The summed E-state index contributed by atoms with van der Waals surface area (Å²) < 4.78 is 0.741. The van der Waals surface area contributed by atoms with E-state index in [1.807, 2.05) is 20.8 Å². The summed E-state index contributed by atoms with van der Waals surface area (Å²) in [6, 6.07) is 2.57. The standard InChI is InChI=1S/C21H27BrN4O2/c1-20(2,3)7-16(27)26-11-14-17(21(14,4)5)18(26)19(28)25-15(8-23)12-6-13(22)10-24-9-12/h6,9-10,14-15,17-18H,7,11H2,1-5H3,(H,25,28)/t14?,15?,17-,18-/m0/s1. The Bertz CT molecular complexity index is 840. The molecule has 7 heteroatoms. The molecule has 0 spiro atoms. The molecule has 0 radical (unpaired) electrons. The molecule has 1 aromatic heterocycles. The van der Waals surface area contributed by atoms with Crippen LogP contribution in [-0.4, -0.2) is 34.3 Å². The van der Waals surface area contributed by atoms with Crippen molar-refractivity contribution >= 4 is 27.7 Å². The predicted molar refractivity (Wildman–Crippen MR) is 109 cm³/mol. The van der Waals surface area contributed by atoms with Crippen LogP contribution in [-0.2, 0) is 9.59 Å². The number of likely N-dealkylation sites (tertiary alicyclic amines) is 1. The van der Waals surface area contributed by atoms with Crippen molar-refractivity contribution in [2.45, 2.75) is 53.1 Å². The first-order valence-corrected chi connectivity index (χ1v) is 10.3. The molecule has 2 aliphatic rings. The minimum Gasteiger partial charge on any atom is -0.335 e. The predicted octanol–water partition coefficient (Wildman–Crippen LogP) is 3.44. The first-order valence-electron chi connectivity index (χ1n) is 9.55. The number of carbonyl (C=O) groups excluding carboxylic acids is 2. The van der Waals surface area contributed by atoms with Crippen LogP contribution in [0.2, 0.25) is 0 Å². The Balaban J connectivity index is 1.80. The average Bonchev–Trinajstić information content (AvgIpc) is 2.94. The highest BCUT2D eigenvalue weighted by Gasteiger charge is 2.69. The second-order valence-electron chi connectivity index (χ2n) is 9.69. The van der Waals surface area contributed by atoms with Crippen LogP contribution in [0.5, 0.6) is 0 Å². The third kappa shape index (κ3) is 3.93. The number of amides is 2. The highest BCUT2D eigenvalue weighted by Crippen LogP contribution is 2.65. The fourth-order valence-electron chi connectivity index (χ4n) is 4.40. The van der Waals surface area contributed by atoms with E-state index in [-0.39, 0.29) is 28.6 Å². The van der Waals surface area contributed by atoms with E-state index in [1.54, 1.807) is 23.4 Å². The molecule has 1 aliphatic carbocycles. The van der Waals surface area contributed by atoms with Gasteiger partial charge in [0.1, 0.15) is 12.1 Å². The van der Waals surface area contributed by atoms with Crippen LogP contribution in [0.1, 0.15) is 52.6 Å². The molecule has 1 aromatic rings. The highest BCUT2D eigenvalue weighted by atomic mass is 79.9. The van der Waals surface area contributed by atoms with Gasteiger partial charge in [0.2, 0.25) is 11.8 Å². The van der Waals surface area contributed by atoms with E-state index in [1.165, 1.54) is 0 Å². The van der Waals surface area contributed by atoms with Crippen LogP contribution >= 0.6 is 15.9 Å². The Hall–Kier alpha value is -1.94. The van der Waals surface area contributed by atoms with Gasteiger partial charge in [-0.25, -0.2) is 0 Å². The quantitative estimate of drug-likeness (QED) is 0.766. The molecule has 28 heavy (non-hydrogen) atoms. The maximum absolute atomic E-state index is 13.2. The SMILES string of the molecule is CC(C)(C)CC(=O)N1CC2[C@@H]([C@H]1C(=O)NC(C#N)c1cncc(Br)c1)C2(C)C. The molecule has 1 saturated heterocycles. The molecule has 150 valence electrons. The van der Waals surface area contributed by atoms with Gasteiger partial charge in [-0.2, -0.15) is 5.26 Å². The average molecular weight is 447 g/mol. The van der Waals surface area contributed by atoms with E-state index in [2.05, 4.69) is 46.1 Å². The molecule has 0 bridgehead atoms. The number of piperidine rings is 1. The lowest BCUT2D eigenvalue weighted by Gasteiger charge is -2.32. The Labute approximate surface area is 174 Å². The lowest BCUT2D eigenvalue weighted by atomic mass is 9.90. The molecular formula is C21H27BrN4O2. The summed E-state index contributed by atoms with van der Waals surface area (Å²) in [6.07, 6.45) is 3.59. The second-order valence-corrected chi connectivity index (χ2v) is 10.6. The maximum Gasteiger partial charge on any atom is 0.244 e. The van der Waals surface area contributed by atoms with Crippen LogP contribution in [0.3, 0.4) is 0 Å².